The number of anilines is 1. The van der Waals surface area contributed by atoms with E-state index in [2.05, 4.69) is 46.7 Å². The number of aliphatic imine (C=N–C) groups is 1. The number of nitrogens with zero attached hydrogens (tertiary/aromatic N) is 1. The van der Waals surface area contributed by atoms with Crippen molar-refractivity contribution in [1.29, 1.82) is 0 Å². The quantitative estimate of drug-likeness (QED) is 0.525. The second-order valence-corrected chi connectivity index (χ2v) is 6.04. The lowest BCUT2D eigenvalue weighted by Crippen LogP contribution is -2.23. The van der Waals surface area contributed by atoms with Gasteiger partial charge in [0.15, 0.2) is 5.96 Å². The van der Waals surface area contributed by atoms with Crippen molar-refractivity contribution in [3.63, 3.8) is 0 Å². The number of halogens is 1. The van der Waals surface area contributed by atoms with E-state index in [1.54, 1.807) is 19.2 Å². The third-order valence-corrected chi connectivity index (χ3v) is 4.26. The molecule has 5 heteroatoms. The number of ether oxygens (including phenoxy) is 1. The zero-order chi connectivity index (χ0) is 17.6. The van der Waals surface area contributed by atoms with Crippen molar-refractivity contribution in [2.75, 3.05) is 19.0 Å². The van der Waals surface area contributed by atoms with Gasteiger partial charge in [-0.2, -0.15) is 0 Å². The van der Waals surface area contributed by atoms with E-state index in [1.165, 1.54) is 16.3 Å². The summed E-state index contributed by atoms with van der Waals surface area (Å²) in [4.78, 5) is 4.40. The van der Waals surface area contributed by atoms with Crippen LogP contribution in [0.25, 0.3) is 10.8 Å². The Bertz CT molecular complexity index is 903. The van der Waals surface area contributed by atoms with E-state index in [4.69, 9.17) is 22.1 Å². The molecule has 0 spiro atoms. The van der Waals surface area contributed by atoms with Gasteiger partial charge in [0, 0.05) is 12.2 Å². The molecule has 128 valence electrons. The first-order valence-electron chi connectivity index (χ1n) is 8.04. The molecule has 0 bridgehead atoms. The number of rotatable bonds is 5. The van der Waals surface area contributed by atoms with Crippen LogP contribution in [0.15, 0.2) is 65.7 Å². The Balaban J connectivity index is 1.64. The molecule has 0 radical (unpaired) electrons. The average Bonchev–Trinajstić information content (AvgIpc) is 2.62. The van der Waals surface area contributed by atoms with Crippen LogP contribution in [0.1, 0.15) is 5.56 Å². The van der Waals surface area contributed by atoms with E-state index < -0.39 is 0 Å². The normalized spacial score (nSPS) is 11.5. The molecule has 0 aliphatic heterocycles. The zero-order valence-corrected chi connectivity index (χ0v) is 14.8. The number of hydrogen-bond acceptors (Lipinski definition) is 2. The third kappa shape index (κ3) is 4.22. The smallest absolute Gasteiger partial charge is 0.193 e. The van der Waals surface area contributed by atoms with Gasteiger partial charge in [0.25, 0.3) is 0 Å². The Labute approximate surface area is 152 Å². The monoisotopic (exact) mass is 353 g/mol. The van der Waals surface area contributed by atoms with Crippen LogP contribution in [-0.2, 0) is 6.42 Å². The fraction of sp³-hybridized carbons (Fsp3) is 0.150. The van der Waals surface area contributed by atoms with Gasteiger partial charge in [-0.3, -0.25) is 4.99 Å². The van der Waals surface area contributed by atoms with Gasteiger partial charge >= 0.3 is 0 Å². The molecule has 0 aromatic heterocycles. The van der Waals surface area contributed by atoms with Gasteiger partial charge in [-0.25, -0.2) is 0 Å². The predicted octanol–water partition coefficient (Wildman–Crippen LogP) is 4.47. The molecule has 3 aromatic rings. The van der Waals surface area contributed by atoms with Crippen molar-refractivity contribution in [2.24, 2.45) is 10.7 Å². The predicted molar refractivity (Wildman–Crippen MR) is 106 cm³/mol. The van der Waals surface area contributed by atoms with Gasteiger partial charge in [-0.15, -0.1) is 0 Å². The van der Waals surface area contributed by atoms with Crippen LogP contribution < -0.4 is 15.8 Å². The second-order valence-electron chi connectivity index (χ2n) is 5.63. The van der Waals surface area contributed by atoms with Gasteiger partial charge in [0.1, 0.15) is 5.75 Å². The van der Waals surface area contributed by atoms with Gasteiger partial charge in [-0.1, -0.05) is 54.1 Å². The fourth-order valence-electron chi connectivity index (χ4n) is 2.74. The summed E-state index contributed by atoms with van der Waals surface area (Å²) < 4.78 is 5.13. The molecule has 4 nitrogen and oxygen atoms in total. The number of methoxy groups -OCH3 is 1. The summed E-state index contributed by atoms with van der Waals surface area (Å²) in [5.74, 6) is 0.986. The van der Waals surface area contributed by atoms with Crippen LogP contribution in [0.3, 0.4) is 0 Å². The van der Waals surface area contributed by atoms with Crippen molar-refractivity contribution in [1.82, 2.24) is 0 Å². The first-order chi connectivity index (χ1) is 12.2. The second kappa shape index (κ2) is 7.90. The lowest BCUT2D eigenvalue weighted by molar-refractivity contribution is 0.415. The van der Waals surface area contributed by atoms with Crippen molar-refractivity contribution in [3.8, 4) is 5.75 Å². The Kier molecular flexibility index (Phi) is 5.41. The Morgan fingerprint density at radius 1 is 1.12 bits per heavy atom. The number of benzene rings is 3. The van der Waals surface area contributed by atoms with Crippen molar-refractivity contribution in [3.05, 3.63) is 71.2 Å². The average molecular weight is 354 g/mol. The van der Waals surface area contributed by atoms with Crippen LogP contribution in [0.5, 0.6) is 5.75 Å². The van der Waals surface area contributed by atoms with Crippen molar-refractivity contribution in [2.45, 2.75) is 6.42 Å². The van der Waals surface area contributed by atoms with E-state index in [0.29, 0.717) is 23.3 Å². The number of guanidine groups is 1. The fourth-order valence-corrected chi connectivity index (χ4v) is 3.00. The maximum atomic E-state index is 6.11. The highest BCUT2D eigenvalue weighted by Gasteiger charge is 2.03. The maximum Gasteiger partial charge on any atom is 0.193 e. The van der Waals surface area contributed by atoms with Gasteiger partial charge in [0.2, 0.25) is 0 Å². The Morgan fingerprint density at radius 3 is 2.72 bits per heavy atom. The summed E-state index contributed by atoms with van der Waals surface area (Å²) in [5.41, 5.74) is 8.01. The molecule has 3 rings (SSSR count). The first-order valence-corrected chi connectivity index (χ1v) is 8.42. The number of hydrogen-bond donors (Lipinski definition) is 2. The maximum absolute atomic E-state index is 6.11. The molecule has 3 aromatic carbocycles. The Hall–Kier alpha value is -2.72. The van der Waals surface area contributed by atoms with Crippen LogP contribution in [0.4, 0.5) is 5.69 Å². The summed E-state index contributed by atoms with van der Waals surface area (Å²) in [5, 5.41) is 6.07. The SMILES string of the molecule is COc1ccc(NC(N)=NCCc2cccc3ccccc23)cc1Cl. The molecule has 25 heavy (non-hydrogen) atoms. The number of nitrogens with one attached hydrogen (secondary N) is 1. The molecule has 0 aliphatic rings. The summed E-state index contributed by atoms with van der Waals surface area (Å²) in [6, 6.07) is 20.1. The van der Waals surface area contributed by atoms with Crippen LogP contribution in [0, 0.1) is 0 Å². The highest BCUT2D eigenvalue weighted by Crippen LogP contribution is 2.27. The lowest BCUT2D eigenvalue weighted by atomic mass is 10.0. The molecule has 0 saturated carbocycles. The minimum atomic E-state index is 0.362. The third-order valence-electron chi connectivity index (χ3n) is 3.97. The van der Waals surface area contributed by atoms with Gasteiger partial charge in [0.05, 0.1) is 12.1 Å². The van der Waals surface area contributed by atoms with Gasteiger partial charge in [-0.05, 0) is 41.0 Å². The molecule has 3 N–H and O–H groups in total. The lowest BCUT2D eigenvalue weighted by Gasteiger charge is -2.09. The van der Waals surface area contributed by atoms with E-state index in [0.717, 1.165) is 12.1 Å². The first kappa shape index (κ1) is 17.1. The minimum absolute atomic E-state index is 0.362. The van der Waals surface area contributed by atoms with Crippen molar-refractivity contribution >= 4 is 34.0 Å². The highest BCUT2D eigenvalue weighted by molar-refractivity contribution is 6.32. The van der Waals surface area contributed by atoms with E-state index in [9.17, 15) is 0 Å². The summed E-state index contributed by atoms with van der Waals surface area (Å²) in [6.07, 6.45) is 0.826. The Morgan fingerprint density at radius 2 is 1.92 bits per heavy atom. The van der Waals surface area contributed by atoms with Crippen LogP contribution in [-0.4, -0.2) is 19.6 Å². The van der Waals surface area contributed by atoms with E-state index in [-0.39, 0.29) is 0 Å². The molecular weight excluding hydrogens is 334 g/mol. The standard InChI is InChI=1S/C20H20ClN3O/c1-25-19-10-9-16(13-18(19)21)24-20(22)23-12-11-15-7-4-6-14-5-2-3-8-17(14)15/h2-10,13H,11-12H2,1H3,(H3,22,23,24). The topological polar surface area (TPSA) is 59.6 Å². The largest absolute Gasteiger partial charge is 0.495 e. The van der Waals surface area contributed by atoms with Crippen LogP contribution in [0.2, 0.25) is 5.02 Å². The summed E-state index contributed by atoms with van der Waals surface area (Å²) >= 11 is 6.11. The number of nitrogens with two attached hydrogens (primary N) is 1. The molecule has 0 fully saturated rings. The highest BCUT2D eigenvalue weighted by atomic mass is 35.5. The van der Waals surface area contributed by atoms with Crippen molar-refractivity contribution < 1.29 is 4.74 Å². The summed E-state index contributed by atoms with van der Waals surface area (Å²) in [6.45, 7) is 0.608. The molecule has 0 aliphatic carbocycles. The summed E-state index contributed by atoms with van der Waals surface area (Å²) in [7, 11) is 1.58. The molecular formula is C20H20ClN3O. The zero-order valence-electron chi connectivity index (χ0n) is 14.0. The molecule has 0 atom stereocenters. The molecule has 0 unspecified atom stereocenters. The molecule has 0 saturated heterocycles. The van der Waals surface area contributed by atoms with Crippen LogP contribution >= 0.6 is 11.6 Å². The van der Waals surface area contributed by atoms with E-state index in [1.807, 2.05) is 12.1 Å². The minimum Gasteiger partial charge on any atom is -0.495 e. The van der Waals surface area contributed by atoms with Gasteiger partial charge < -0.3 is 15.8 Å². The molecule has 0 heterocycles. The van der Waals surface area contributed by atoms with E-state index >= 15 is 0 Å². The molecule has 0 amide bonds. The number of fused-ring (bicyclic) bond motifs is 1.